The second-order valence-corrected chi connectivity index (χ2v) is 6.01. The molecule has 0 saturated heterocycles. The summed E-state index contributed by atoms with van der Waals surface area (Å²) in [5.41, 5.74) is 9.18. The third kappa shape index (κ3) is 3.16. The van der Waals surface area contributed by atoms with Gasteiger partial charge in [0.15, 0.2) is 0 Å². The van der Waals surface area contributed by atoms with E-state index < -0.39 is 0 Å². The number of hydrogen-bond acceptors (Lipinski definition) is 3. The van der Waals surface area contributed by atoms with Crippen molar-refractivity contribution in [2.45, 2.75) is 13.0 Å². The molecule has 0 spiro atoms. The summed E-state index contributed by atoms with van der Waals surface area (Å²) in [6.45, 7) is 2.03. The lowest BCUT2D eigenvalue weighted by atomic mass is 10.0. The van der Waals surface area contributed by atoms with E-state index in [0.29, 0.717) is 0 Å². The molecule has 1 aromatic carbocycles. The van der Waals surface area contributed by atoms with E-state index in [9.17, 15) is 0 Å². The number of aromatic nitrogens is 1. The summed E-state index contributed by atoms with van der Waals surface area (Å²) in [5.74, 6) is 0.773. The molecular formula is C14H14Br2N2O. The number of pyridine rings is 1. The van der Waals surface area contributed by atoms with Gasteiger partial charge in [0.05, 0.1) is 18.8 Å². The van der Waals surface area contributed by atoms with Gasteiger partial charge in [0.2, 0.25) is 0 Å². The molecule has 0 amide bonds. The molecule has 5 heteroatoms. The number of nitrogens with zero attached hydrogens (tertiary/aromatic N) is 1. The van der Waals surface area contributed by atoms with Gasteiger partial charge in [0.25, 0.3) is 0 Å². The zero-order chi connectivity index (χ0) is 14.0. The molecule has 100 valence electrons. The summed E-state index contributed by atoms with van der Waals surface area (Å²) >= 11 is 6.88. The van der Waals surface area contributed by atoms with Crippen LogP contribution in [0.5, 0.6) is 5.75 Å². The number of benzene rings is 1. The first-order chi connectivity index (χ1) is 9.02. The van der Waals surface area contributed by atoms with E-state index in [1.165, 1.54) is 0 Å². The van der Waals surface area contributed by atoms with E-state index in [2.05, 4.69) is 36.8 Å². The molecule has 0 fully saturated rings. The molecule has 1 atom stereocenters. The fourth-order valence-corrected chi connectivity index (χ4v) is 3.13. The number of nitrogens with two attached hydrogens (primary N) is 1. The second-order valence-electron chi connectivity index (χ2n) is 4.24. The van der Waals surface area contributed by atoms with E-state index >= 15 is 0 Å². The molecule has 1 heterocycles. The van der Waals surface area contributed by atoms with Crippen LogP contribution < -0.4 is 10.5 Å². The Morgan fingerprint density at radius 3 is 2.63 bits per heavy atom. The van der Waals surface area contributed by atoms with Crippen LogP contribution in [0.15, 0.2) is 39.4 Å². The van der Waals surface area contributed by atoms with Crippen LogP contribution in [-0.2, 0) is 0 Å². The second kappa shape index (κ2) is 6.03. The number of ether oxygens (including phenoxy) is 1. The minimum absolute atomic E-state index is 0.336. The Labute approximate surface area is 129 Å². The predicted octanol–water partition coefficient (Wildman–Crippen LogP) is 3.97. The van der Waals surface area contributed by atoms with E-state index in [1.807, 2.05) is 31.2 Å². The first-order valence-electron chi connectivity index (χ1n) is 5.74. The average molecular weight is 386 g/mol. The minimum Gasteiger partial charge on any atom is -0.496 e. The van der Waals surface area contributed by atoms with E-state index in [0.717, 1.165) is 31.5 Å². The lowest BCUT2D eigenvalue weighted by Crippen LogP contribution is -2.15. The normalized spacial score (nSPS) is 12.3. The fraction of sp³-hybridized carbons (Fsp3) is 0.214. The summed E-state index contributed by atoms with van der Waals surface area (Å²) in [6.07, 6.45) is 1.74. The van der Waals surface area contributed by atoms with Crippen molar-refractivity contribution in [3.05, 3.63) is 56.2 Å². The third-order valence-corrected chi connectivity index (χ3v) is 3.92. The topological polar surface area (TPSA) is 48.1 Å². The van der Waals surface area contributed by atoms with E-state index in [4.69, 9.17) is 10.5 Å². The highest BCUT2D eigenvalue weighted by atomic mass is 79.9. The Balaban J connectivity index is 2.49. The summed E-state index contributed by atoms with van der Waals surface area (Å²) in [4.78, 5) is 4.38. The first kappa shape index (κ1) is 14.5. The fourth-order valence-electron chi connectivity index (χ4n) is 1.90. The van der Waals surface area contributed by atoms with Crippen LogP contribution in [0.4, 0.5) is 0 Å². The Morgan fingerprint density at radius 2 is 2.00 bits per heavy atom. The van der Waals surface area contributed by atoms with Gasteiger partial charge in [-0.3, -0.25) is 4.98 Å². The van der Waals surface area contributed by atoms with Gasteiger partial charge >= 0.3 is 0 Å². The molecule has 0 aliphatic rings. The molecule has 0 aliphatic carbocycles. The quantitative estimate of drug-likeness (QED) is 0.869. The standard InChI is InChI=1S/C14H14Br2N2O/c1-8-3-4-12(19-2)10(5-8)13(17)14-11(16)6-9(15)7-18-14/h3-7,13H,17H2,1-2H3. The highest BCUT2D eigenvalue weighted by Crippen LogP contribution is 2.32. The molecular weight excluding hydrogens is 372 g/mol. The number of aryl methyl sites for hydroxylation is 1. The Kier molecular flexibility index (Phi) is 4.60. The van der Waals surface area contributed by atoms with Crippen molar-refractivity contribution in [3.63, 3.8) is 0 Å². The zero-order valence-corrected chi connectivity index (χ0v) is 13.8. The Hall–Kier alpha value is -0.910. The van der Waals surface area contributed by atoms with Crippen LogP contribution in [0, 0.1) is 6.92 Å². The van der Waals surface area contributed by atoms with E-state index in [-0.39, 0.29) is 6.04 Å². The van der Waals surface area contributed by atoms with Gasteiger partial charge in [0, 0.05) is 20.7 Å². The van der Waals surface area contributed by atoms with Gasteiger partial charge in [-0.15, -0.1) is 0 Å². The van der Waals surface area contributed by atoms with Crippen molar-refractivity contribution in [2.75, 3.05) is 7.11 Å². The van der Waals surface area contributed by atoms with Crippen LogP contribution in [-0.4, -0.2) is 12.1 Å². The molecule has 19 heavy (non-hydrogen) atoms. The number of halogens is 2. The van der Waals surface area contributed by atoms with Gasteiger partial charge in [-0.1, -0.05) is 17.7 Å². The maximum Gasteiger partial charge on any atom is 0.124 e. The summed E-state index contributed by atoms with van der Waals surface area (Å²) in [7, 11) is 1.64. The van der Waals surface area contributed by atoms with Crippen molar-refractivity contribution in [2.24, 2.45) is 5.73 Å². The smallest absolute Gasteiger partial charge is 0.124 e. The molecule has 2 N–H and O–H groups in total. The molecule has 2 rings (SSSR count). The molecule has 0 saturated carbocycles. The van der Waals surface area contributed by atoms with Gasteiger partial charge < -0.3 is 10.5 Å². The Bertz CT molecular complexity index is 602. The molecule has 0 radical (unpaired) electrons. The van der Waals surface area contributed by atoms with Gasteiger partial charge in [-0.2, -0.15) is 0 Å². The highest BCUT2D eigenvalue weighted by molar-refractivity contribution is 9.11. The van der Waals surface area contributed by atoms with Crippen molar-refractivity contribution < 1.29 is 4.74 Å². The molecule has 2 aromatic rings. The number of methoxy groups -OCH3 is 1. The summed E-state index contributed by atoms with van der Waals surface area (Å²) < 4.78 is 7.16. The molecule has 0 aliphatic heterocycles. The maximum atomic E-state index is 6.32. The SMILES string of the molecule is COc1ccc(C)cc1C(N)c1ncc(Br)cc1Br. The maximum absolute atomic E-state index is 6.32. The van der Waals surface area contributed by atoms with Crippen LogP contribution in [0.25, 0.3) is 0 Å². The zero-order valence-electron chi connectivity index (χ0n) is 10.7. The van der Waals surface area contributed by atoms with Crippen LogP contribution in [0.3, 0.4) is 0 Å². The monoisotopic (exact) mass is 384 g/mol. The lowest BCUT2D eigenvalue weighted by molar-refractivity contribution is 0.407. The van der Waals surface area contributed by atoms with Crippen molar-refractivity contribution in [1.82, 2.24) is 4.98 Å². The van der Waals surface area contributed by atoms with Crippen LogP contribution in [0.2, 0.25) is 0 Å². The minimum atomic E-state index is -0.336. The number of hydrogen-bond donors (Lipinski definition) is 1. The molecule has 1 unspecified atom stereocenters. The highest BCUT2D eigenvalue weighted by Gasteiger charge is 2.18. The third-order valence-electron chi connectivity index (χ3n) is 2.85. The van der Waals surface area contributed by atoms with Gasteiger partial charge in [-0.25, -0.2) is 0 Å². The largest absolute Gasteiger partial charge is 0.496 e. The van der Waals surface area contributed by atoms with Gasteiger partial charge in [-0.05, 0) is 50.9 Å². The van der Waals surface area contributed by atoms with Crippen molar-refractivity contribution >= 4 is 31.9 Å². The van der Waals surface area contributed by atoms with Gasteiger partial charge in [0.1, 0.15) is 5.75 Å². The summed E-state index contributed by atoms with van der Waals surface area (Å²) in [5, 5.41) is 0. The molecule has 1 aromatic heterocycles. The Morgan fingerprint density at radius 1 is 1.26 bits per heavy atom. The molecule has 3 nitrogen and oxygen atoms in total. The van der Waals surface area contributed by atoms with Crippen LogP contribution in [0.1, 0.15) is 22.9 Å². The van der Waals surface area contributed by atoms with Crippen LogP contribution >= 0.6 is 31.9 Å². The lowest BCUT2D eigenvalue weighted by Gasteiger charge is -2.17. The average Bonchev–Trinajstić information content (AvgIpc) is 2.38. The summed E-state index contributed by atoms with van der Waals surface area (Å²) in [6, 6.07) is 7.55. The molecule has 0 bridgehead atoms. The predicted molar refractivity (Wildman–Crippen MR) is 83.4 cm³/mol. The number of rotatable bonds is 3. The van der Waals surface area contributed by atoms with Crippen molar-refractivity contribution in [3.8, 4) is 5.75 Å². The van der Waals surface area contributed by atoms with E-state index in [1.54, 1.807) is 13.3 Å². The first-order valence-corrected chi connectivity index (χ1v) is 7.32. The van der Waals surface area contributed by atoms with Crippen molar-refractivity contribution in [1.29, 1.82) is 0 Å².